The molecule has 1 heterocycles. The van der Waals surface area contributed by atoms with Gasteiger partial charge in [-0.2, -0.15) is 0 Å². The summed E-state index contributed by atoms with van der Waals surface area (Å²) in [5.74, 6) is -1.29. The smallest absolute Gasteiger partial charge is 0.337 e. The molecule has 1 fully saturated rings. The summed E-state index contributed by atoms with van der Waals surface area (Å²) < 4.78 is 26.6. The molecule has 1 aromatic rings. The summed E-state index contributed by atoms with van der Waals surface area (Å²) in [5.41, 5.74) is -0.646. The second-order valence-electron chi connectivity index (χ2n) is 3.36. The fourth-order valence-electron chi connectivity index (χ4n) is 1.54. The van der Waals surface area contributed by atoms with Crippen LogP contribution in [-0.2, 0) is 0 Å². The van der Waals surface area contributed by atoms with E-state index in [9.17, 15) is 13.6 Å². The Morgan fingerprint density at radius 1 is 1.57 bits per heavy atom. The van der Waals surface area contributed by atoms with Crippen molar-refractivity contribution >= 4 is 5.97 Å². The Morgan fingerprint density at radius 3 is 2.64 bits per heavy atom. The molecule has 1 N–H and O–H groups in total. The number of halogens is 2. The zero-order chi connectivity index (χ0) is 10.3. The molecule has 0 bridgehead atoms. The van der Waals surface area contributed by atoms with Gasteiger partial charge in [-0.1, -0.05) is 0 Å². The van der Waals surface area contributed by atoms with Crippen molar-refractivity contribution in [2.24, 2.45) is 0 Å². The summed E-state index contributed by atoms with van der Waals surface area (Å²) in [4.78, 5) is 10.6. The number of carboxylic acid groups (broad SMARTS) is 1. The van der Waals surface area contributed by atoms with Gasteiger partial charge in [0.1, 0.15) is 0 Å². The van der Waals surface area contributed by atoms with Gasteiger partial charge in [-0.25, -0.2) is 13.6 Å². The Labute approximate surface area is 79.0 Å². The van der Waals surface area contributed by atoms with Crippen molar-refractivity contribution in [1.29, 1.82) is 0 Å². The molecule has 1 aliphatic rings. The minimum atomic E-state index is -2.73. The lowest BCUT2D eigenvalue weighted by molar-refractivity contribution is 0.0682. The fourth-order valence-corrected chi connectivity index (χ4v) is 1.54. The molecule has 0 atom stereocenters. The lowest BCUT2D eigenvalue weighted by atomic mass is 10.2. The largest absolute Gasteiger partial charge is 0.478 e. The minimum Gasteiger partial charge on any atom is -0.478 e. The van der Waals surface area contributed by atoms with Gasteiger partial charge in [-0.15, -0.1) is 0 Å². The molecule has 1 aromatic heterocycles. The van der Waals surface area contributed by atoms with E-state index in [1.165, 1.54) is 16.8 Å². The van der Waals surface area contributed by atoms with Gasteiger partial charge in [0, 0.05) is 12.2 Å². The van der Waals surface area contributed by atoms with E-state index in [0.717, 1.165) is 12.8 Å². The highest BCUT2D eigenvalue weighted by molar-refractivity contribution is 5.89. The maximum Gasteiger partial charge on any atom is 0.337 e. The first-order valence-corrected chi connectivity index (χ1v) is 4.33. The van der Waals surface area contributed by atoms with Crippen LogP contribution in [0.25, 0.3) is 0 Å². The van der Waals surface area contributed by atoms with Crippen LogP contribution in [0.3, 0.4) is 0 Å². The molecule has 0 aromatic carbocycles. The van der Waals surface area contributed by atoms with Crippen LogP contribution in [0.5, 0.6) is 0 Å². The van der Waals surface area contributed by atoms with Crippen LogP contribution in [0, 0.1) is 0 Å². The zero-order valence-electron chi connectivity index (χ0n) is 7.28. The summed E-state index contributed by atoms with van der Waals surface area (Å²) in [6.45, 7) is 0. The monoisotopic (exact) mass is 201 g/mol. The van der Waals surface area contributed by atoms with Crippen LogP contribution in [0.4, 0.5) is 8.78 Å². The van der Waals surface area contributed by atoms with Crippen molar-refractivity contribution < 1.29 is 18.7 Å². The Hall–Kier alpha value is -1.39. The molecule has 0 saturated heterocycles. The van der Waals surface area contributed by atoms with E-state index < -0.39 is 12.4 Å². The molecule has 3 nitrogen and oxygen atoms in total. The van der Waals surface area contributed by atoms with E-state index in [1.54, 1.807) is 0 Å². The quantitative estimate of drug-likeness (QED) is 0.816. The third-order valence-electron chi connectivity index (χ3n) is 2.33. The first-order chi connectivity index (χ1) is 6.61. The van der Waals surface area contributed by atoms with E-state index in [1.807, 2.05) is 0 Å². The van der Waals surface area contributed by atoms with Crippen LogP contribution in [-0.4, -0.2) is 15.6 Å². The number of alkyl halides is 2. The van der Waals surface area contributed by atoms with Crippen molar-refractivity contribution in [3.8, 4) is 0 Å². The molecule has 2 rings (SSSR count). The van der Waals surface area contributed by atoms with Crippen molar-refractivity contribution in [1.82, 2.24) is 4.57 Å². The predicted molar refractivity (Wildman–Crippen MR) is 44.6 cm³/mol. The molecule has 14 heavy (non-hydrogen) atoms. The lowest BCUT2D eigenvalue weighted by Crippen LogP contribution is -2.06. The number of hydrogen-bond acceptors (Lipinski definition) is 1. The van der Waals surface area contributed by atoms with Crippen LogP contribution < -0.4 is 0 Å². The first-order valence-electron chi connectivity index (χ1n) is 4.33. The normalized spacial score (nSPS) is 16.2. The third kappa shape index (κ3) is 1.38. The highest BCUT2D eigenvalue weighted by Crippen LogP contribution is 2.39. The number of hydrogen-bond donors (Lipinski definition) is 1. The Balaban J connectivity index is 2.46. The van der Waals surface area contributed by atoms with Gasteiger partial charge in [0.15, 0.2) is 0 Å². The Bertz CT molecular complexity index is 369. The second-order valence-corrected chi connectivity index (χ2v) is 3.36. The van der Waals surface area contributed by atoms with E-state index in [2.05, 4.69) is 0 Å². The molecule has 0 unspecified atom stereocenters. The van der Waals surface area contributed by atoms with Crippen LogP contribution in [0.2, 0.25) is 0 Å². The predicted octanol–water partition coefficient (Wildman–Crippen LogP) is 2.46. The van der Waals surface area contributed by atoms with Gasteiger partial charge in [-0.3, -0.25) is 0 Å². The van der Waals surface area contributed by atoms with Gasteiger partial charge in [0.2, 0.25) is 0 Å². The SMILES string of the molecule is O=C(O)c1ccn(C2CC2)c1C(F)F. The maximum atomic E-state index is 12.6. The maximum absolute atomic E-state index is 12.6. The minimum absolute atomic E-state index is 0.0760. The average Bonchev–Trinajstić information content (AvgIpc) is 2.83. The van der Waals surface area contributed by atoms with Gasteiger partial charge < -0.3 is 9.67 Å². The fraction of sp³-hybridized carbons (Fsp3) is 0.444. The zero-order valence-corrected chi connectivity index (χ0v) is 7.28. The molecule has 76 valence electrons. The van der Waals surface area contributed by atoms with E-state index in [-0.39, 0.29) is 17.3 Å². The van der Waals surface area contributed by atoms with Crippen LogP contribution in [0.15, 0.2) is 12.3 Å². The summed E-state index contributed by atoms with van der Waals surface area (Å²) in [6, 6.07) is 1.31. The second kappa shape index (κ2) is 3.08. The highest BCUT2D eigenvalue weighted by Gasteiger charge is 2.31. The van der Waals surface area contributed by atoms with E-state index in [4.69, 9.17) is 5.11 Å². The summed E-state index contributed by atoms with van der Waals surface area (Å²) in [7, 11) is 0. The van der Waals surface area contributed by atoms with Gasteiger partial charge in [0.25, 0.3) is 6.43 Å². The summed E-state index contributed by atoms with van der Waals surface area (Å²) in [6.07, 6.45) is 0.417. The molecular formula is C9H9F2NO2. The molecule has 0 radical (unpaired) electrons. The summed E-state index contributed by atoms with van der Waals surface area (Å²) >= 11 is 0. The number of aromatic nitrogens is 1. The number of aromatic carboxylic acids is 1. The summed E-state index contributed by atoms with van der Waals surface area (Å²) in [5, 5.41) is 8.68. The highest BCUT2D eigenvalue weighted by atomic mass is 19.3. The number of carbonyl (C=O) groups is 1. The molecule has 5 heteroatoms. The number of nitrogens with zero attached hydrogens (tertiary/aromatic N) is 1. The first kappa shape index (κ1) is 9.18. The standard InChI is InChI=1S/C9H9F2NO2/c10-8(11)7-6(9(13)14)3-4-12(7)5-1-2-5/h3-5,8H,1-2H2,(H,13,14). The number of carboxylic acids is 1. The molecule has 1 aliphatic carbocycles. The molecule has 1 saturated carbocycles. The van der Waals surface area contributed by atoms with Gasteiger partial charge in [-0.05, 0) is 18.9 Å². The number of rotatable bonds is 3. The van der Waals surface area contributed by atoms with Crippen molar-refractivity contribution in [3.63, 3.8) is 0 Å². The Kier molecular flexibility index (Phi) is 2.02. The van der Waals surface area contributed by atoms with Crippen molar-refractivity contribution in [2.75, 3.05) is 0 Å². The van der Waals surface area contributed by atoms with Gasteiger partial charge in [0.05, 0.1) is 11.3 Å². The van der Waals surface area contributed by atoms with E-state index >= 15 is 0 Å². The van der Waals surface area contributed by atoms with Crippen LogP contribution >= 0.6 is 0 Å². The molecule has 0 aliphatic heterocycles. The third-order valence-corrected chi connectivity index (χ3v) is 2.33. The van der Waals surface area contributed by atoms with Crippen LogP contribution in [0.1, 0.15) is 41.4 Å². The van der Waals surface area contributed by atoms with Crippen molar-refractivity contribution in [2.45, 2.75) is 25.3 Å². The Morgan fingerprint density at radius 2 is 2.21 bits per heavy atom. The average molecular weight is 201 g/mol. The lowest BCUT2D eigenvalue weighted by Gasteiger charge is -2.07. The van der Waals surface area contributed by atoms with E-state index in [0.29, 0.717) is 0 Å². The van der Waals surface area contributed by atoms with Gasteiger partial charge >= 0.3 is 5.97 Å². The molecule has 0 amide bonds. The molecular weight excluding hydrogens is 192 g/mol. The van der Waals surface area contributed by atoms with Crippen molar-refractivity contribution in [3.05, 3.63) is 23.5 Å². The molecule has 0 spiro atoms. The topological polar surface area (TPSA) is 42.2 Å².